The van der Waals surface area contributed by atoms with Gasteiger partial charge in [0.25, 0.3) is 5.91 Å². The Morgan fingerprint density at radius 1 is 1.44 bits per heavy atom. The number of oxime groups is 1. The van der Waals surface area contributed by atoms with Crippen LogP contribution in [0.15, 0.2) is 29.4 Å². The fourth-order valence-electron chi connectivity index (χ4n) is 1.60. The Kier molecular flexibility index (Phi) is 4.71. The van der Waals surface area contributed by atoms with Crippen molar-refractivity contribution < 1.29 is 10.0 Å². The predicted octanol–water partition coefficient (Wildman–Crippen LogP) is 1.45. The van der Waals surface area contributed by atoms with Crippen LogP contribution in [-0.2, 0) is 0 Å². The third-order valence-electron chi connectivity index (χ3n) is 2.81. The smallest absolute Gasteiger partial charge is 0.253 e. The quantitative estimate of drug-likeness (QED) is 0.367. The number of rotatable bonds is 4. The second-order valence-corrected chi connectivity index (χ2v) is 4.48. The summed E-state index contributed by atoms with van der Waals surface area (Å²) in [4.78, 5) is 13.6. The lowest BCUT2D eigenvalue weighted by Gasteiger charge is -2.21. The highest BCUT2D eigenvalue weighted by molar-refractivity contribution is 5.94. The number of carbonyl (C=O) groups is 1. The largest absolute Gasteiger partial charge is 0.409 e. The van der Waals surface area contributed by atoms with Gasteiger partial charge in [-0.25, -0.2) is 0 Å². The van der Waals surface area contributed by atoms with E-state index in [1.54, 1.807) is 31.0 Å². The van der Waals surface area contributed by atoms with E-state index in [1.165, 1.54) is 0 Å². The van der Waals surface area contributed by atoms with E-state index in [2.05, 4.69) is 5.16 Å². The molecule has 1 rings (SSSR count). The first-order valence-electron chi connectivity index (χ1n) is 5.75. The normalized spacial score (nSPS) is 13.2. The van der Waals surface area contributed by atoms with Gasteiger partial charge in [0, 0.05) is 25.1 Å². The average Bonchev–Trinajstić information content (AvgIpc) is 2.37. The van der Waals surface area contributed by atoms with Gasteiger partial charge in [-0.3, -0.25) is 4.79 Å². The van der Waals surface area contributed by atoms with Crippen molar-refractivity contribution in [3.8, 4) is 0 Å². The molecule has 5 nitrogen and oxygen atoms in total. The summed E-state index contributed by atoms with van der Waals surface area (Å²) in [5, 5.41) is 11.5. The van der Waals surface area contributed by atoms with Gasteiger partial charge in [-0.1, -0.05) is 29.8 Å². The molecule has 5 heteroatoms. The fraction of sp³-hybridized carbons (Fsp3) is 0.385. The molecule has 0 aliphatic rings. The van der Waals surface area contributed by atoms with Crippen LogP contribution in [0.25, 0.3) is 0 Å². The van der Waals surface area contributed by atoms with E-state index in [4.69, 9.17) is 10.9 Å². The van der Waals surface area contributed by atoms with Crippen molar-refractivity contribution in [2.45, 2.75) is 13.8 Å². The number of aryl methyl sites for hydroxylation is 1. The Labute approximate surface area is 107 Å². The summed E-state index contributed by atoms with van der Waals surface area (Å²) in [7, 11) is 1.70. The standard InChI is InChI=1S/C13H19N3O2/c1-9-4-6-11(7-5-9)13(17)16(3)8-10(2)12(14)15-18/h4-7,10,18H,8H2,1-3H3,(H2,14,15). The summed E-state index contributed by atoms with van der Waals surface area (Å²) in [5.41, 5.74) is 7.23. The first-order valence-corrected chi connectivity index (χ1v) is 5.75. The van der Waals surface area contributed by atoms with Gasteiger partial charge in [0.1, 0.15) is 5.84 Å². The average molecular weight is 249 g/mol. The first-order chi connectivity index (χ1) is 8.45. The second kappa shape index (κ2) is 6.05. The van der Waals surface area contributed by atoms with Gasteiger partial charge in [0.15, 0.2) is 0 Å². The van der Waals surface area contributed by atoms with Crippen LogP contribution in [-0.4, -0.2) is 35.4 Å². The molecule has 0 saturated heterocycles. The maximum absolute atomic E-state index is 12.1. The fourth-order valence-corrected chi connectivity index (χ4v) is 1.60. The minimum Gasteiger partial charge on any atom is -0.409 e. The lowest BCUT2D eigenvalue weighted by atomic mass is 10.1. The van der Waals surface area contributed by atoms with E-state index in [0.29, 0.717) is 12.1 Å². The van der Waals surface area contributed by atoms with Crippen molar-refractivity contribution in [1.29, 1.82) is 0 Å². The number of amidine groups is 1. The molecule has 0 heterocycles. The molecule has 98 valence electrons. The lowest BCUT2D eigenvalue weighted by molar-refractivity contribution is 0.0786. The number of hydrogen-bond donors (Lipinski definition) is 2. The molecule has 0 aliphatic heterocycles. The van der Waals surface area contributed by atoms with Gasteiger partial charge in [0.05, 0.1) is 0 Å². The highest BCUT2D eigenvalue weighted by Crippen LogP contribution is 2.08. The van der Waals surface area contributed by atoms with E-state index in [1.807, 2.05) is 19.1 Å². The number of hydrogen-bond acceptors (Lipinski definition) is 3. The van der Waals surface area contributed by atoms with Crippen LogP contribution in [0.5, 0.6) is 0 Å². The van der Waals surface area contributed by atoms with Crippen LogP contribution >= 0.6 is 0 Å². The van der Waals surface area contributed by atoms with Crippen LogP contribution in [0.3, 0.4) is 0 Å². The molecule has 0 saturated carbocycles. The number of carbonyl (C=O) groups excluding carboxylic acids is 1. The Hall–Kier alpha value is -2.04. The molecule has 0 bridgehead atoms. The van der Waals surface area contributed by atoms with E-state index in [9.17, 15) is 4.79 Å². The number of benzene rings is 1. The SMILES string of the molecule is Cc1ccc(C(=O)N(C)CC(C)C(N)=NO)cc1. The Morgan fingerprint density at radius 2 is 2.00 bits per heavy atom. The van der Waals surface area contributed by atoms with Crippen molar-refractivity contribution in [2.75, 3.05) is 13.6 Å². The van der Waals surface area contributed by atoms with Gasteiger partial charge in [-0.05, 0) is 19.1 Å². The van der Waals surface area contributed by atoms with E-state index < -0.39 is 0 Å². The monoisotopic (exact) mass is 249 g/mol. The van der Waals surface area contributed by atoms with Crippen molar-refractivity contribution >= 4 is 11.7 Å². The maximum atomic E-state index is 12.1. The van der Waals surface area contributed by atoms with Crippen LogP contribution in [0, 0.1) is 12.8 Å². The zero-order chi connectivity index (χ0) is 13.7. The Morgan fingerprint density at radius 3 is 2.50 bits per heavy atom. The van der Waals surface area contributed by atoms with Gasteiger partial charge in [-0.2, -0.15) is 0 Å². The van der Waals surface area contributed by atoms with Gasteiger partial charge < -0.3 is 15.8 Å². The van der Waals surface area contributed by atoms with Crippen molar-refractivity contribution in [1.82, 2.24) is 4.90 Å². The molecule has 0 fully saturated rings. The van der Waals surface area contributed by atoms with E-state index in [0.717, 1.165) is 5.56 Å². The highest BCUT2D eigenvalue weighted by atomic mass is 16.4. The third-order valence-corrected chi connectivity index (χ3v) is 2.81. The summed E-state index contributed by atoms with van der Waals surface area (Å²) in [6.45, 7) is 4.18. The first kappa shape index (κ1) is 14.0. The molecule has 0 spiro atoms. The number of nitrogens with two attached hydrogens (primary N) is 1. The van der Waals surface area contributed by atoms with Gasteiger partial charge in [0.2, 0.25) is 0 Å². The number of amides is 1. The van der Waals surface area contributed by atoms with Crippen molar-refractivity contribution in [3.63, 3.8) is 0 Å². The number of nitrogens with zero attached hydrogens (tertiary/aromatic N) is 2. The minimum atomic E-state index is -0.186. The topological polar surface area (TPSA) is 78.9 Å². The van der Waals surface area contributed by atoms with Crippen molar-refractivity contribution in [3.05, 3.63) is 35.4 Å². The van der Waals surface area contributed by atoms with Crippen molar-refractivity contribution in [2.24, 2.45) is 16.8 Å². The molecular weight excluding hydrogens is 230 g/mol. The predicted molar refractivity (Wildman–Crippen MR) is 70.7 cm³/mol. The molecule has 1 amide bonds. The van der Waals surface area contributed by atoms with Crippen LogP contribution in [0.2, 0.25) is 0 Å². The highest BCUT2D eigenvalue weighted by Gasteiger charge is 2.16. The maximum Gasteiger partial charge on any atom is 0.253 e. The molecule has 0 aromatic heterocycles. The van der Waals surface area contributed by atoms with Crippen LogP contribution in [0.4, 0.5) is 0 Å². The lowest BCUT2D eigenvalue weighted by Crippen LogP contribution is -2.36. The summed E-state index contributed by atoms with van der Waals surface area (Å²) in [6.07, 6.45) is 0. The third kappa shape index (κ3) is 3.48. The molecule has 1 aromatic rings. The molecular formula is C13H19N3O2. The van der Waals surface area contributed by atoms with Crippen LogP contribution in [0.1, 0.15) is 22.8 Å². The molecule has 0 radical (unpaired) electrons. The van der Waals surface area contributed by atoms with E-state index in [-0.39, 0.29) is 17.7 Å². The molecule has 1 aromatic carbocycles. The summed E-state index contributed by atoms with van der Waals surface area (Å²) < 4.78 is 0. The molecule has 1 atom stereocenters. The molecule has 3 N–H and O–H groups in total. The summed E-state index contributed by atoms with van der Waals surface area (Å²) >= 11 is 0. The Bertz CT molecular complexity index is 440. The van der Waals surface area contributed by atoms with Crippen LogP contribution < -0.4 is 5.73 Å². The zero-order valence-corrected chi connectivity index (χ0v) is 10.9. The minimum absolute atomic E-state index is 0.0763. The Balaban J connectivity index is 2.70. The van der Waals surface area contributed by atoms with E-state index >= 15 is 0 Å². The van der Waals surface area contributed by atoms with Gasteiger partial charge in [-0.15, -0.1) is 0 Å². The van der Waals surface area contributed by atoms with Gasteiger partial charge >= 0.3 is 0 Å². The summed E-state index contributed by atoms with van der Waals surface area (Å²) in [5.74, 6) is -0.138. The molecule has 18 heavy (non-hydrogen) atoms. The molecule has 0 aliphatic carbocycles. The zero-order valence-electron chi connectivity index (χ0n) is 10.9. The molecule has 1 unspecified atom stereocenters. The second-order valence-electron chi connectivity index (χ2n) is 4.48. The summed E-state index contributed by atoms with van der Waals surface area (Å²) in [6, 6.07) is 7.38.